The molecule has 0 saturated carbocycles. The van der Waals surface area contributed by atoms with Gasteiger partial charge in [-0.15, -0.1) is 0 Å². The molecule has 1 aromatic heterocycles. The summed E-state index contributed by atoms with van der Waals surface area (Å²) in [7, 11) is 0. The molecule has 0 radical (unpaired) electrons. The molecule has 2 rings (SSSR count). The third-order valence-electron chi connectivity index (χ3n) is 2.56. The van der Waals surface area contributed by atoms with E-state index in [4.69, 9.17) is 4.74 Å². The van der Waals surface area contributed by atoms with Crippen LogP contribution in [0.4, 0.5) is 5.69 Å². The van der Waals surface area contributed by atoms with Gasteiger partial charge < -0.3 is 15.0 Å². The molecule has 5 nitrogen and oxygen atoms in total. The van der Waals surface area contributed by atoms with Crippen LogP contribution in [-0.2, 0) is 4.79 Å². The highest BCUT2D eigenvalue weighted by Crippen LogP contribution is 2.12. The van der Waals surface area contributed by atoms with Gasteiger partial charge in [-0.1, -0.05) is 18.2 Å². The third kappa shape index (κ3) is 3.45. The first-order valence-electron chi connectivity index (χ1n) is 5.83. The molecule has 1 heterocycles. The van der Waals surface area contributed by atoms with E-state index in [-0.39, 0.29) is 23.8 Å². The second-order valence-corrected chi connectivity index (χ2v) is 4.02. The fourth-order valence-corrected chi connectivity index (χ4v) is 1.56. The summed E-state index contributed by atoms with van der Waals surface area (Å²) in [5.41, 5.74) is 1.35. The zero-order valence-corrected chi connectivity index (χ0v) is 10.5. The quantitative estimate of drug-likeness (QED) is 0.876. The van der Waals surface area contributed by atoms with Gasteiger partial charge in [0.05, 0.1) is 0 Å². The van der Waals surface area contributed by atoms with Crippen molar-refractivity contribution in [3.8, 4) is 5.75 Å². The van der Waals surface area contributed by atoms with E-state index < -0.39 is 0 Å². The second kappa shape index (κ2) is 5.86. The summed E-state index contributed by atoms with van der Waals surface area (Å²) >= 11 is 0. The minimum atomic E-state index is -0.355. The summed E-state index contributed by atoms with van der Waals surface area (Å²) in [4.78, 5) is 25.5. The van der Waals surface area contributed by atoms with E-state index in [1.165, 1.54) is 12.3 Å². The lowest BCUT2D eigenvalue weighted by atomic mass is 10.2. The molecule has 0 atom stereocenters. The van der Waals surface area contributed by atoms with Crippen molar-refractivity contribution in [2.45, 2.75) is 6.92 Å². The number of benzene rings is 1. The Kier molecular flexibility index (Phi) is 3.97. The maximum Gasteiger partial charge on any atom is 0.290 e. The molecular weight excluding hydrogens is 244 g/mol. The van der Waals surface area contributed by atoms with E-state index in [1.54, 1.807) is 6.07 Å². The summed E-state index contributed by atoms with van der Waals surface area (Å²) in [5.74, 6) is -0.181. The summed E-state index contributed by atoms with van der Waals surface area (Å²) in [6.45, 7) is 1.69. The topological polar surface area (TPSA) is 71.2 Å². The van der Waals surface area contributed by atoms with Gasteiger partial charge >= 0.3 is 0 Å². The van der Waals surface area contributed by atoms with Crippen molar-refractivity contribution in [2.75, 3.05) is 11.9 Å². The molecule has 98 valence electrons. The first kappa shape index (κ1) is 12.9. The SMILES string of the molecule is Cc1ccccc1NC(=O)COc1ccc[nH]c1=O. The third-order valence-corrected chi connectivity index (χ3v) is 2.56. The van der Waals surface area contributed by atoms with Crippen LogP contribution in [0.2, 0.25) is 0 Å². The number of amides is 1. The number of aromatic nitrogens is 1. The Morgan fingerprint density at radius 3 is 2.79 bits per heavy atom. The lowest BCUT2D eigenvalue weighted by Crippen LogP contribution is -2.22. The van der Waals surface area contributed by atoms with Gasteiger partial charge in [-0.25, -0.2) is 0 Å². The number of aryl methyl sites for hydroxylation is 1. The molecule has 0 fully saturated rings. The van der Waals surface area contributed by atoms with Gasteiger partial charge in [0.1, 0.15) is 0 Å². The Bertz CT molecular complexity index is 634. The lowest BCUT2D eigenvalue weighted by Gasteiger charge is -2.08. The van der Waals surface area contributed by atoms with E-state index in [1.807, 2.05) is 31.2 Å². The number of rotatable bonds is 4. The molecule has 2 N–H and O–H groups in total. The molecule has 0 aliphatic carbocycles. The molecule has 0 aliphatic rings. The van der Waals surface area contributed by atoms with Crippen molar-refractivity contribution < 1.29 is 9.53 Å². The predicted molar refractivity (Wildman–Crippen MR) is 72.4 cm³/mol. The van der Waals surface area contributed by atoms with Crippen LogP contribution in [0, 0.1) is 6.92 Å². The number of nitrogens with one attached hydrogen (secondary N) is 2. The van der Waals surface area contributed by atoms with Gasteiger partial charge in [0.25, 0.3) is 11.5 Å². The molecule has 0 spiro atoms. The Morgan fingerprint density at radius 1 is 1.26 bits per heavy atom. The van der Waals surface area contributed by atoms with Gasteiger partial charge in [-0.2, -0.15) is 0 Å². The summed E-state index contributed by atoms with van der Waals surface area (Å²) in [6.07, 6.45) is 1.50. The van der Waals surface area contributed by atoms with Crippen LogP contribution in [0.3, 0.4) is 0 Å². The molecule has 0 bridgehead atoms. The first-order chi connectivity index (χ1) is 9.16. The van der Waals surface area contributed by atoms with Crippen molar-refractivity contribution >= 4 is 11.6 Å². The van der Waals surface area contributed by atoms with Crippen molar-refractivity contribution in [2.24, 2.45) is 0 Å². The lowest BCUT2D eigenvalue weighted by molar-refractivity contribution is -0.118. The molecular formula is C14H14N2O3. The zero-order chi connectivity index (χ0) is 13.7. The average Bonchev–Trinajstić information content (AvgIpc) is 2.40. The van der Waals surface area contributed by atoms with Crippen LogP contribution < -0.4 is 15.6 Å². The van der Waals surface area contributed by atoms with Crippen molar-refractivity contribution in [1.82, 2.24) is 4.98 Å². The maximum absolute atomic E-state index is 11.7. The van der Waals surface area contributed by atoms with E-state index in [0.717, 1.165) is 11.3 Å². The number of anilines is 1. The standard InChI is InChI=1S/C14H14N2O3/c1-10-5-2-3-6-11(10)16-13(17)9-19-12-7-4-8-15-14(12)18/h2-8H,9H2,1H3,(H,15,18)(H,16,17). The van der Waals surface area contributed by atoms with Crippen LogP contribution in [0.5, 0.6) is 5.75 Å². The van der Waals surface area contributed by atoms with E-state index in [0.29, 0.717) is 0 Å². The maximum atomic E-state index is 11.7. The highest BCUT2D eigenvalue weighted by Gasteiger charge is 2.06. The predicted octanol–water partition coefficient (Wildman–Crippen LogP) is 1.70. The number of hydrogen-bond donors (Lipinski definition) is 2. The average molecular weight is 258 g/mol. The normalized spacial score (nSPS) is 9.95. The number of para-hydroxylation sites is 1. The molecule has 1 aromatic carbocycles. The van der Waals surface area contributed by atoms with Gasteiger partial charge in [0.2, 0.25) is 0 Å². The Morgan fingerprint density at radius 2 is 2.05 bits per heavy atom. The monoisotopic (exact) mass is 258 g/mol. The zero-order valence-electron chi connectivity index (χ0n) is 10.5. The van der Waals surface area contributed by atoms with Crippen LogP contribution >= 0.6 is 0 Å². The fraction of sp³-hybridized carbons (Fsp3) is 0.143. The Balaban J connectivity index is 1.94. The van der Waals surface area contributed by atoms with Gasteiger partial charge in [0, 0.05) is 11.9 Å². The number of H-pyrrole nitrogens is 1. The summed E-state index contributed by atoms with van der Waals surface area (Å²) in [5, 5.41) is 2.72. The Hall–Kier alpha value is -2.56. The highest BCUT2D eigenvalue weighted by molar-refractivity contribution is 5.92. The smallest absolute Gasteiger partial charge is 0.290 e. The minimum Gasteiger partial charge on any atom is -0.478 e. The van der Waals surface area contributed by atoms with Crippen molar-refractivity contribution in [3.63, 3.8) is 0 Å². The molecule has 0 saturated heterocycles. The second-order valence-electron chi connectivity index (χ2n) is 4.02. The Labute approximate surface area is 110 Å². The van der Waals surface area contributed by atoms with Gasteiger partial charge in [-0.3, -0.25) is 9.59 Å². The minimum absolute atomic E-state index is 0.127. The van der Waals surface area contributed by atoms with E-state index >= 15 is 0 Å². The number of pyridine rings is 1. The first-order valence-corrected chi connectivity index (χ1v) is 5.83. The number of aromatic amines is 1. The number of carbonyl (C=O) groups is 1. The van der Waals surface area contributed by atoms with Crippen molar-refractivity contribution in [1.29, 1.82) is 0 Å². The largest absolute Gasteiger partial charge is 0.478 e. The molecule has 0 aliphatic heterocycles. The molecule has 1 amide bonds. The van der Waals surface area contributed by atoms with Crippen LogP contribution in [0.25, 0.3) is 0 Å². The summed E-state index contributed by atoms with van der Waals surface area (Å²) in [6, 6.07) is 10.6. The molecule has 2 aromatic rings. The van der Waals surface area contributed by atoms with Gasteiger partial charge in [-0.05, 0) is 30.7 Å². The number of hydrogen-bond acceptors (Lipinski definition) is 3. The van der Waals surface area contributed by atoms with E-state index in [2.05, 4.69) is 10.3 Å². The van der Waals surface area contributed by atoms with E-state index in [9.17, 15) is 9.59 Å². The molecule has 0 unspecified atom stereocenters. The highest BCUT2D eigenvalue weighted by atomic mass is 16.5. The summed E-state index contributed by atoms with van der Waals surface area (Å²) < 4.78 is 5.15. The van der Waals surface area contributed by atoms with Crippen LogP contribution in [0.15, 0.2) is 47.4 Å². The number of ether oxygens (including phenoxy) is 1. The number of carbonyl (C=O) groups excluding carboxylic acids is 1. The van der Waals surface area contributed by atoms with Gasteiger partial charge in [0.15, 0.2) is 12.4 Å². The van der Waals surface area contributed by atoms with Crippen LogP contribution in [0.1, 0.15) is 5.56 Å². The van der Waals surface area contributed by atoms with Crippen LogP contribution in [-0.4, -0.2) is 17.5 Å². The molecule has 19 heavy (non-hydrogen) atoms. The molecule has 5 heteroatoms. The fourth-order valence-electron chi connectivity index (χ4n) is 1.56. The van der Waals surface area contributed by atoms with Crippen molar-refractivity contribution in [3.05, 3.63) is 58.5 Å².